The average Bonchev–Trinajstić information content (AvgIpc) is 4.29. The molecule has 0 saturated carbocycles. The van der Waals surface area contributed by atoms with Crippen molar-refractivity contribution in [2.24, 2.45) is 0 Å². The summed E-state index contributed by atoms with van der Waals surface area (Å²) in [6.07, 6.45) is 7.96. The van der Waals surface area contributed by atoms with Crippen molar-refractivity contribution in [3.8, 4) is 0 Å². The van der Waals surface area contributed by atoms with E-state index in [9.17, 15) is 0 Å². The quantitative estimate of drug-likeness (QED) is 0.165. The summed E-state index contributed by atoms with van der Waals surface area (Å²) in [5, 5.41) is 12.9. The first-order valence-electron chi connectivity index (χ1n) is 24.9. The Labute approximate surface area is 421 Å². The molecule has 6 heteroatoms. The number of benzene rings is 10. The van der Waals surface area contributed by atoms with Gasteiger partial charge in [-0.05, 0) is 90.9 Å². The van der Waals surface area contributed by atoms with Crippen LogP contribution >= 0.6 is 22.7 Å². The molecule has 0 N–H and O–H groups in total. The van der Waals surface area contributed by atoms with Crippen molar-refractivity contribution >= 4 is 163 Å². The van der Waals surface area contributed by atoms with E-state index in [-0.39, 0.29) is 6.04 Å². The molecule has 336 valence electrons. The van der Waals surface area contributed by atoms with E-state index in [1.165, 1.54) is 134 Å². The van der Waals surface area contributed by atoms with Crippen LogP contribution in [0.1, 0.15) is 18.0 Å². The van der Waals surface area contributed by atoms with Crippen LogP contribution in [0.15, 0.2) is 224 Å². The highest BCUT2D eigenvalue weighted by atomic mass is 32.1. The Morgan fingerprint density at radius 1 is 0.403 bits per heavy atom. The zero-order chi connectivity index (χ0) is 46.8. The standard InChI is InChI=1S/C66H40N4S2/c1-3-17-39(18-4-1)67(55-29-15-25-45-41-21-9-13-31-59(41)71-65(45)55)53-35-33-43-49-37-58-50(38-57(49)69-51-27-11-7-23-47(51)61(53)63(43)69)44-34-36-54(62-48-24-8-12-28-52(48)70(58)64(44)62)68(40-19-5-2-6-20-40)56-30-16-26-46-42-22-10-14-32-60(42)72-66(46)56/h1-27,29-38,52H,28H2. The van der Waals surface area contributed by atoms with E-state index in [2.05, 4.69) is 243 Å². The van der Waals surface area contributed by atoms with Gasteiger partial charge < -0.3 is 18.8 Å². The number of fused-ring (bicyclic) bond motifs is 18. The molecule has 0 amide bonds. The Kier molecular flexibility index (Phi) is 7.85. The van der Waals surface area contributed by atoms with Crippen LogP contribution in [0.3, 0.4) is 0 Å². The maximum absolute atomic E-state index is 2.70. The van der Waals surface area contributed by atoms with Gasteiger partial charge in [-0.15, -0.1) is 22.7 Å². The first-order valence-corrected chi connectivity index (χ1v) is 26.5. The van der Waals surface area contributed by atoms with Crippen LogP contribution in [0.5, 0.6) is 0 Å². The Balaban J connectivity index is 0.937. The van der Waals surface area contributed by atoms with Crippen molar-refractivity contribution in [3.05, 3.63) is 230 Å². The Morgan fingerprint density at radius 2 is 0.944 bits per heavy atom. The monoisotopic (exact) mass is 952 g/mol. The molecule has 4 nitrogen and oxygen atoms in total. The molecule has 2 aliphatic rings. The molecular weight excluding hydrogens is 913 g/mol. The third-order valence-electron chi connectivity index (χ3n) is 15.9. The molecule has 1 aliphatic heterocycles. The number of hydrogen-bond donors (Lipinski definition) is 0. The number of thiophene rings is 2. The van der Waals surface area contributed by atoms with Crippen LogP contribution in [0.2, 0.25) is 0 Å². The van der Waals surface area contributed by atoms with Crippen molar-refractivity contribution < 1.29 is 0 Å². The molecule has 15 aromatic rings. The minimum Gasteiger partial charge on any atom is -0.332 e. The normalized spacial score (nSPS) is 14.5. The highest BCUT2D eigenvalue weighted by molar-refractivity contribution is 7.26. The van der Waals surface area contributed by atoms with Crippen LogP contribution in [-0.4, -0.2) is 8.97 Å². The number of nitrogens with zero attached hydrogens (tertiary/aromatic N) is 4. The highest BCUT2D eigenvalue weighted by Crippen LogP contribution is 2.57. The summed E-state index contributed by atoms with van der Waals surface area (Å²) in [6, 6.07) is 77.2. The molecule has 6 heterocycles. The largest absolute Gasteiger partial charge is 0.332 e. The number of rotatable bonds is 6. The lowest BCUT2D eigenvalue weighted by atomic mass is 9.92. The first kappa shape index (κ1) is 39.1. The molecule has 0 fully saturated rings. The van der Waals surface area contributed by atoms with Crippen molar-refractivity contribution in [3.63, 3.8) is 0 Å². The van der Waals surface area contributed by atoms with Crippen LogP contribution < -0.4 is 9.80 Å². The smallest absolute Gasteiger partial charge is 0.0641 e. The van der Waals surface area contributed by atoms with Crippen molar-refractivity contribution in [1.82, 2.24) is 8.97 Å². The van der Waals surface area contributed by atoms with Crippen LogP contribution in [0.4, 0.5) is 34.1 Å². The second-order valence-electron chi connectivity index (χ2n) is 19.5. The molecule has 72 heavy (non-hydrogen) atoms. The Hall–Kier alpha value is -8.68. The fraction of sp³-hybridized carbons (Fsp3) is 0.0303. The van der Waals surface area contributed by atoms with Gasteiger partial charge in [-0.1, -0.05) is 146 Å². The third-order valence-corrected chi connectivity index (χ3v) is 18.3. The second-order valence-corrected chi connectivity index (χ2v) is 21.6. The van der Waals surface area contributed by atoms with Gasteiger partial charge in [0.15, 0.2) is 0 Å². The van der Waals surface area contributed by atoms with Gasteiger partial charge in [0, 0.05) is 80.2 Å². The predicted octanol–water partition coefficient (Wildman–Crippen LogP) is 19.5. The lowest BCUT2D eigenvalue weighted by Gasteiger charge is -2.29. The van der Waals surface area contributed by atoms with E-state index in [4.69, 9.17) is 0 Å². The summed E-state index contributed by atoms with van der Waals surface area (Å²) < 4.78 is 10.5. The number of hydrogen-bond acceptors (Lipinski definition) is 4. The van der Waals surface area contributed by atoms with E-state index >= 15 is 0 Å². The minimum absolute atomic E-state index is 0.182. The number of aromatic nitrogens is 2. The predicted molar refractivity (Wildman–Crippen MR) is 310 cm³/mol. The van der Waals surface area contributed by atoms with Gasteiger partial charge in [0.1, 0.15) is 0 Å². The molecule has 17 rings (SSSR count). The fourth-order valence-corrected chi connectivity index (χ4v) is 15.4. The van der Waals surface area contributed by atoms with Gasteiger partial charge in [0.2, 0.25) is 0 Å². The average molecular weight is 953 g/mol. The van der Waals surface area contributed by atoms with Crippen LogP contribution in [-0.2, 0) is 0 Å². The molecule has 1 atom stereocenters. The number of para-hydroxylation sites is 3. The van der Waals surface area contributed by atoms with Crippen LogP contribution in [0.25, 0.3) is 106 Å². The summed E-state index contributed by atoms with van der Waals surface area (Å²) in [4.78, 5) is 5.05. The Morgan fingerprint density at radius 3 is 1.62 bits per heavy atom. The van der Waals surface area contributed by atoms with E-state index in [0.29, 0.717) is 0 Å². The van der Waals surface area contributed by atoms with Gasteiger partial charge in [-0.25, -0.2) is 0 Å². The van der Waals surface area contributed by atoms with Crippen molar-refractivity contribution in [1.29, 1.82) is 0 Å². The number of anilines is 6. The van der Waals surface area contributed by atoms with Gasteiger partial charge in [0.05, 0.1) is 65.8 Å². The summed E-state index contributed by atoms with van der Waals surface area (Å²) >= 11 is 3.78. The third kappa shape index (κ3) is 5.09. The molecule has 0 spiro atoms. The maximum Gasteiger partial charge on any atom is 0.0641 e. The molecule has 1 aliphatic carbocycles. The molecule has 0 radical (unpaired) electrons. The summed E-state index contributed by atoms with van der Waals surface area (Å²) in [7, 11) is 0. The summed E-state index contributed by atoms with van der Waals surface area (Å²) in [5.74, 6) is 0. The zero-order valence-corrected chi connectivity index (χ0v) is 40.4. The fourth-order valence-electron chi connectivity index (χ4n) is 13.0. The van der Waals surface area contributed by atoms with E-state index in [1.54, 1.807) is 0 Å². The maximum atomic E-state index is 2.70. The van der Waals surface area contributed by atoms with Gasteiger partial charge in [0.25, 0.3) is 0 Å². The summed E-state index contributed by atoms with van der Waals surface area (Å²) in [6.45, 7) is 0. The van der Waals surface area contributed by atoms with Crippen LogP contribution in [0, 0.1) is 0 Å². The SMILES string of the molecule is C1=CCC2C(=C1)c1c(N(c3ccccc3)c3cccc4c3sc3ccccc34)ccc3c4cc5c(cc4n2c13)c1ccc(N(c2ccccc2)c2cccc3c2sc2ccccc23)c2c3ccccc3n5c12. The topological polar surface area (TPSA) is 15.8 Å². The zero-order valence-electron chi connectivity index (χ0n) is 38.8. The molecule has 10 aromatic carbocycles. The van der Waals surface area contributed by atoms with E-state index in [0.717, 1.165) is 17.8 Å². The second kappa shape index (κ2) is 14.5. The van der Waals surface area contributed by atoms with Gasteiger partial charge in [-0.3, -0.25) is 0 Å². The Bertz CT molecular complexity index is 4860. The minimum atomic E-state index is 0.182. The molecular formula is C66H40N4S2. The highest BCUT2D eigenvalue weighted by Gasteiger charge is 2.37. The van der Waals surface area contributed by atoms with Gasteiger partial charge in [-0.2, -0.15) is 0 Å². The summed E-state index contributed by atoms with van der Waals surface area (Å²) in [5.41, 5.74) is 16.1. The lowest BCUT2D eigenvalue weighted by molar-refractivity contribution is 0.685. The molecule has 5 aromatic heterocycles. The van der Waals surface area contributed by atoms with Gasteiger partial charge >= 0.3 is 0 Å². The molecule has 0 bridgehead atoms. The molecule has 1 unspecified atom stereocenters. The van der Waals surface area contributed by atoms with Crippen molar-refractivity contribution in [2.75, 3.05) is 9.80 Å². The van der Waals surface area contributed by atoms with E-state index in [1.807, 2.05) is 22.7 Å². The molecule has 0 saturated heterocycles. The number of allylic oxidation sites excluding steroid dienone is 4. The van der Waals surface area contributed by atoms with Crippen molar-refractivity contribution in [2.45, 2.75) is 12.5 Å². The van der Waals surface area contributed by atoms with E-state index < -0.39 is 0 Å². The lowest BCUT2D eigenvalue weighted by Crippen LogP contribution is -2.12. The first-order chi connectivity index (χ1) is 35.8.